The van der Waals surface area contributed by atoms with E-state index in [1.807, 2.05) is 19.9 Å². The molecule has 1 N–H and O–H groups in total. The Balaban J connectivity index is 1.93. The van der Waals surface area contributed by atoms with E-state index < -0.39 is 34.1 Å². The maximum absolute atomic E-state index is 14.5. The summed E-state index contributed by atoms with van der Waals surface area (Å²) in [7, 11) is -4.23. The molecule has 0 aromatic heterocycles. The molecule has 3 atom stereocenters. The third-order valence-electron chi connectivity index (χ3n) is 6.97. The number of sulfonamides is 1. The fourth-order valence-corrected chi connectivity index (χ4v) is 7.36. The van der Waals surface area contributed by atoms with Crippen molar-refractivity contribution >= 4 is 56.5 Å². The van der Waals surface area contributed by atoms with Gasteiger partial charge in [0.05, 0.1) is 23.0 Å². The summed E-state index contributed by atoms with van der Waals surface area (Å²) in [5.74, 6) is -0.538. The number of nitrogens with one attached hydrogen (secondary N) is 1. The molecule has 1 heterocycles. The second-order valence-corrected chi connectivity index (χ2v) is 13.6. The predicted octanol–water partition coefficient (Wildman–Crippen LogP) is 7.57. The molecule has 10 heteroatoms. The van der Waals surface area contributed by atoms with Crippen LogP contribution in [0.5, 0.6) is 0 Å². The Morgan fingerprint density at radius 1 is 0.902 bits per heavy atom. The number of carbonyl (C=O) groups is 2. The van der Waals surface area contributed by atoms with Crippen LogP contribution in [0.1, 0.15) is 56.8 Å². The zero-order valence-electron chi connectivity index (χ0n) is 22.9. The van der Waals surface area contributed by atoms with Crippen LogP contribution in [-0.2, 0) is 19.6 Å². The Labute approximate surface area is 256 Å². The molecule has 3 aromatic carbocycles. The van der Waals surface area contributed by atoms with Gasteiger partial charge in [0.15, 0.2) is 5.78 Å². The molecule has 0 radical (unpaired) electrons. The Morgan fingerprint density at radius 2 is 1.49 bits per heavy atom. The van der Waals surface area contributed by atoms with Crippen LogP contribution in [0, 0.1) is 5.92 Å². The van der Waals surface area contributed by atoms with Gasteiger partial charge in [-0.15, -0.1) is 0 Å². The standard InChI is InChI=1S/C31H31Cl3N2O4S/c1-19(2)16-28(20(3)37)35-31(38)27-14-15-29(21-6-4-8-24(33)17-21)36(30(27)22-7-5-9-25(34)18-22)41(39,40)26-12-10-23(32)11-13-26/h4-14,17-19,28-30H,15-16H2,1-3H3,(H,35,38)/t28-,29-,30-/m0/s1. The maximum Gasteiger partial charge on any atom is 0.249 e. The molecule has 216 valence electrons. The highest BCUT2D eigenvalue weighted by Gasteiger charge is 2.45. The number of carbonyl (C=O) groups excluding carboxylic acids is 2. The van der Waals surface area contributed by atoms with Gasteiger partial charge in [-0.05, 0) is 85.3 Å². The summed E-state index contributed by atoms with van der Waals surface area (Å²) < 4.78 is 30.3. The van der Waals surface area contributed by atoms with Crippen molar-refractivity contribution in [1.82, 2.24) is 9.62 Å². The largest absolute Gasteiger partial charge is 0.342 e. The highest BCUT2D eigenvalue weighted by Crippen LogP contribution is 2.46. The van der Waals surface area contributed by atoms with Crippen LogP contribution in [0.15, 0.2) is 89.3 Å². The monoisotopic (exact) mass is 632 g/mol. The highest BCUT2D eigenvalue weighted by molar-refractivity contribution is 7.89. The first kappa shape index (κ1) is 31.3. The number of rotatable bonds is 9. The number of halogens is 3. The van der Waals surface area contributed by atoms with Crippen LogP contribution in [0.4, 0.5) is 0 Å². The molecule has 3 aromatic rings. The van der Waals surface area contributed by atoms with Gasteiger partial charge >= 0.3 is 0 Å². The molecule has 1 aliphatic rings. The first-order valence-electron chi connectivity index (χ1n) is 13.2. The predicted molar refractivity (Wildman–Crippen MR) is 164 cm³/mol. The van der Waals surface area contributed by atoms with Crippen molar-refractivity contribution in [3.8, 4) is 0 Å². The molecule has 4 rings (SSSR count). The lowest BCUT2D eigenvalue weighted by Gasteiger charge is -2.41. The van der Waals surface area contributed by atoms with Gasteiger partial charge in [-0.2, -0.15) is 4.31 Å². The summed E-state index contributed by atoms with van der Waals surface area (Å²) >= 11 is 18.8. The fourth-order valence-electron chi connectivity index (χ4n) is 5.06. The van der Waals surface area contributed by atoms with Crippen LogP contribution in [0.3, 0.4) is 0 Å². The number of ketones is 1. The third kappa shape index (κ3) is 7.22. The van der Waals surface area contributed by atoms with Crippen LogP contribution in [0.2, 0.25) is 15.1 Å². The minimum Gasteiger partial charge on any atom is -0.342 e. The molecule has 6 nitrogen and oxygen atoms in total. The lowest BCUT2D eigenvalue weighted by Crippen LogP contribution is -2.47. The van der Waals surface area contributed by atoms with Crippen molar-refractivity contribution in [2.75, 3.05) is 0 Å². The smallest absolute Gasteiger partial charge is 0.249 e. The second-order valence-electron chi connectivity index (χ2n) is 10.5. The van der Waals surface area contributed by atoms with Crippen molar-refractivity contribution in [3.63, 3.8) is 0 Å². The molecule has 0 unspecified atom stereocenters. The van der Waals surface area contributed by atoms with E-state index in [2.05, 4.69) is 5.32 Å². The van der Waals surface area contributed by atoms with Gasteiger partial charge in [-0.3, -0.25) is 9.59 Å². The van der Waals surface area contributed by atoms with Gasteiger partial charge in [0.1, 0.15) is 0 Å². The van der Waals surface area contributed by atoms with E-state index in [4.69, 9.17) is 34.8 Å². The van der Waals surface area contributed by atoms with E-state index in [1.165, 1.54) is 35.5 Å². The minimum absolute atomic E-state index is 0.0176. The van der Waals surface area contributed by atoms with Crippen molar-refractivity contribution in [1.29, 1.82) is 0 Å². The first-order chi connectivity index (χ1) is 19.4. The zero-order valence-corrected chi connectivity index (χ0v) is 25.9. The number of nitrogens with zero attached hydrogens (tertiary/aromatic N) is 1. The number of hydrogen-bond donors (Lipinski definition) is 1. The Kier molecular flexibility index (Phi) is 9.98. The average Bonchev–Trinajstić information content (AvgIpc) is 2.91. The second kappa shape index (κ2) is 13.1. The summed E-state index contributed by atoms with van der Waals surface area (Å²) in [6, 6.07) is 17.2. The van der Waals surface area contributed by atoms with Gasteiger partial charge in [0.2, 0.25) is 15.9 Å². The van der Waals surface area contributed by atoms with E-state index in [0.717, 1.165) is 0 Å². The van der Waals surface area contributed by atoms with E-state index in [1.54, 1.807) is 48.5 Å². The maximum atomic E-state index is 14.5. The van der Waals surface area contributed by atoms with Crippen molar-refractivity contribution < 1.29 is 18.0 Å². The van der Waals surface area contributed by atoms with Gasteiger partial charge < -0.3 is 5.32 Å². The fraction of sp³-hybridized carbons (Fsp3) is 0.290. The molecule has 0 saturated carbocycles. The summed E-state index contributed by atoms with van der Waals surface area (Å²) in [6.07, 6.45) is 2.39. The van der Waals surface area contributed by atoms with Crippen LogP contribution >= 0.6 is 34.8 Å². The number of benzene rings is 3. The molecular weight excluding hydrogens is 603 g/mol. The number of hydrogen-bond acceptors (Lipinski definition) is 4. The lowest BCUT2D eigenvalue weighted by atomic mass is 9.88. The third-order valence-corrected chi connectivity index (χ3v) is 9.58. The molecular formula is C31H31Cl3N2O4S. The molecule has 1 aliphatic heterocycles. The average molecular weight is 634 g/mol. The van der Waals surface area contributed by atoms with E-state index in [-0.39, 0.29) is 28.6 Å². The lowest BCUT2D eigenvalue weighted by molar-refractivity contribution is -0.125. The molecule has 0 bridgehead atoms. The van der Waals surface area contributed by atoms with E-state index >= 15 is 0 Å². The van der Waals surface area contributed by atoms with Crippen molar-refractivity contribution in [2.24, 2.45) is 5.92 Å². The molecule has 0 aliphatic carbocycles. The minimum atomic E-state index is -4.23. The van der Waals surface area contributed by atoms with Crippen LogP contribution in [0.25, 0.3) is 0 Å². The highest BCUT2D eigenvalue weighted by atomic mass is 35.5. The van der Waals surface area contributed by atoms with Crippen molar-refractivity contribution in [3.05, 3.63) is 111 Å². The summed E-state index contributed by atoms with van der Waals surface area (Å²) in [5, 5.41) is 4.10. The van der Waals surface area contributed by atoms with Gasteiger partial charge in [0.25, 0.3) is 0 Å². The van der Waals surface area contributed by atoms with Crippen molar-refractivity contribution in [2.45, 2.75) is 56.6 Å². The van der Waals surface area contributed by atoms with Crippen LogP contribution < -0.4 is 5.32 Å². The molecule has 41 heavy (non-hydrogen) atoms. The van der Waals surface area contributed by atoms with Gasteiger partial charge in [0, 0.05) is 20.6 Å². The summed E-state index contributed by atoms with van der Waals surface area (Å²) in [4.78, 5) is 26.3. The number of amides is 1. The van der Waals surface area contributed by atoms with Gasteiger partial charge in [-0.25, -0.2) is 8.42 Å². The normalized spacial score (nSPS) is 18.6. The molecule has 0 saturated heterocycles. The Hall–Kier alpha value is -2.68. The van der Waals surface area contributed by atoms with E-state index in [9.17, 15) is 18.0 Å². The molecule has 1 amide bonds. The summed E-state index contributed by atoms with van der Waals surface area (Å²) in [6.45, 7) is 5.36. The van der Waals surface area contributed by atoms with Gasteiger partial charge in [-0.1, -0.05) is 79.0 Å². The van der Waals surface area contributed by atoms with E-state index in [0.29, 0.717) is 32.6 Å². The quantitative estimate of drug-likeness (QED) is 0.263. The Morgan fingerprint density at radius 3 is 2.05 bits per heavy atom. The Bertz CT molecular complexity index is 1570. The topological polar surface area (TPSA) is 83.6 Å². The zero-order chi connectivity index (χ0) is 29.9. The molecule has 0 spiro atoms. The first-order valence-corrected chi connectivity index (χ1v) is 15.8. The number of Topliss-reactive ketones (excluding diaryl/α,β-unsaturated/α-hetero) is 1. The SMILES string of the molecule is CC(=O)[C@H](CC(C)C)NC(=O)C1=CC[C@@H](c2cccc(Cl)c2)N(S(=O)(=O)c2ccc(Cl)cc2)[C@H]1c1cccc(Cl)c1. The van der Waals surface area contributed by atoms with Crippen LogP contribution in [-0.4, -0.2) is 30.5 Å². The molecule has 0 fully saturated rings. The summed E-state index contributed by atoms with van der Waals surface area (Å²) in [5.41, 5.74) is 1.38.